The Labute approximate surface area is 185 Å². The molecule has 0 radical (unpaired) electrons. The van der Waals surface area contributed by atoms with E-state index in [-0.39, 0.29) is 17.4 Å². The number of rotatable bonds is 6. The second kappa shape index (κ2) is 8.58. The van der Waals surface area contributed by atoms with Crippen LogP contribution in [0.5, 0.6) is 0 Å². The standard InChI is InChI=1S/C18H17ClF2IN4PS/c1-28-13-7-10(9-3-2-4-9)5-6-11(13)23-12-8-14(19)24-17-15(12)25-18(16(20)21)26(17)27-22/h5-9,16,27H,2-4H2,1H3,(H,23,24). The van der Waals surface area contributed by atoms with Crippen LogP contribution in [0.15, 0.2) is 29.2 Å². The monoisotopic (exact) mass is 552 g/mol. The number of imidazole rings is 1. The summed E-state index contributed by atoms with van der Waals surface area (Å²) in [6.07, 6.45) is 3.18. The zero-order valence-corrected chi connectivity index (χ0v) is 19.6. The molecule has 1 fully saturated rings. The van der Waals surface area contributed by atoms with Crippen LogP contribution in [0, 0.1) is 0 Å². The maximum absolute atomic E-state index is 13.4. The van der Waals surface area contributed by atoms with Gasteiger partial charge in [0, 0.05) is 11.0 Å². The van der Waals surface area contributed by atoms with Crippen molar-refractivity contribution < 1.29 is 8.78 Å². The van der Waals surface area contributed by atoms with Crippen molar-refractivity contribution >= 4 is 74.3 Å². The Morgan fingerprint density at radius 1 is 1.29 bits per heavy atom. The van der Waals surface area contributed by atoms with Crippen molar-refractivity contribution in [1.29, 1.82) is 0 Å². The van der Waals surface area contributed by atoms with Gasteiger partial charge >= 0.3 is 0 Å². The molecule has 148 valence electrons. The molecule has 1 saturated carbocycles. The number of nitrogens with one attached hydrogen (secondary N) is 1. The smallest absolute Gasteiger partial charge is 0.295 e. The number of hydrogen-bond acceptors (Lipinski definition) is 4. The highest BCUT2D eigenvalue weighted by atomic mass is 127. The largest absolute Gasteiger partial charge is 0.353 e. The Balaban J connectivity index is 1.77. The lowest BCUT2D eigenvalue weighted by molar-refractivity contribution is 0.140. The number of fused-ring (bicyclic) bond motifs is 1. The van der Waals surface area contributed by atoms with Gasteiger partial charge in [-0.25, -0.2) is 18.7 Å². The molecule has 3 aromatic rings. The number of anilines is 2. The van der Waals surface area contributed by atoms with E-state index in [2.05, 4.69) is 27.4 Å². The fraction of sp³-hybridized carbons (Fsp3) is 0.333. The number of halogens is 4. The van der Waals surface area contributed by atoms with Crippen LogP contribution in [-0.4, -0.2) is 20.6 Å². The van der Waals surface area contributed by atoms with Crippen LogP contribution in [0.4, 0.5) is 20.2 Å². The van der Waals surface area contributed by atoms with Crippen molar-refractivity contribution in [2.75, 3.05) is 11.6 Å². The van der Waals surface area contributed by atoms with Gasteiger partial charge in [-0.3, -0.25) is 4.34 Å². The average Bonchev–Trinajstić information content (AvgIpc) is 3.00. The first kappa shape index (κ1) is 20.6. The molecule has 2 aromatic heterocycles. The molecule has 28 heavy (non-hydrogen) atoms. The van der Waals surface area contributed by atoms with Crippen LogP contribution >= 0.6 is 51.8 Å². The molecule has 0 bridgehead atoms. The summed E-state index contributed by atoms with van der Waals surface area (Å²) < 4.78 is 28.3. The molecule has 0 spiro atoms. The SMILES string of the molecule is CSc1cc(C2CCC2)ccc1Nc1cc(Cl)nc2c1nc(C(F)F)n2PI. The molecule has 1 unspecified atom stereocenters. The van der Waals surface area contributed by atoms with E-state index in [4.69, 9.17) is 11.6 Å². The van der Waals surface area contributed by atoms with E-state index in [0.717, 1.165) is 10.6 Å². The molecular weight excluding hydrogens is 536 g/mol. The third-order valence-electron chi connectivity index (χ3n) is 4.96. The summed E-state index contributed by atoms with van der Waals surface area (Å²) in [6.45, 7) is 0. The quantitative estimate of drug-likeness (QED) is 0.148. The number of pyridine rings is 1. The van der Waals surface area contributed by atoms with Gasteiger partial charge in [0.05, 0.1) is 17.7 Å². The third-order valence-corrected chi connectivity index (χ3v) is 7.99. The van der Waals surface area contributed by atoms with E-state index in [9.17, 15) is 8.78 Å². The zero-order chi connectivity index (χ0) is 19.8. The number of hydrogen-bond donors (Lipinski definition) is 1. The molecule has 1 aliphatic rings. The van der Waals surface area contributed by atoms with E-state index in [1.54, 1.807) is 17.8 Å². The number of nitrogens with zero attached hydrogens (tertiary/aromatic N) is 3. The molecule has 1 aromatic carbocycles. The molecule has 1 aliphatic carbocycles. The van der Waals surface area contributed by atoms with Gasteiger partial charge in [-0.05, 0) is 64.8 Å². The van der Waals surface area contributed by atoms with Crippen molar-refractivity contribution in [2.45, 2.75) is 36.5 Å². The molecule has 0 amide bonds. The molecule has 2 heterocycles. The number of benzene rings is 1. The predicted octanol–water partition coefficient (Wildman–Crippen LogP) is 7.55. The molecular formula is C18H17ClF2IN4PS. The van der Waals surface area contributed by atoms with Crippen LogP contribution in [0.3, 0.4) is 0 Å². The topological polar surface area (TPSA) is 42.7 Å². The summed E-state index contributed by atoms with van der Waals surface area (Å²) in [5.41, 5.74) is 3.62. The number of alkyl halides is 2. The van der Waals surface area contributed by atoms with E-state index in [0.29, 0.717) is 22.8 Å². The fourth-order valence-corrected chi connectivity index (χ4v) is 5.99. The summed E-state index contributed by atoms with van der Waals surface area (Å²) in [7, 11) is 0. The zero-order valence-electron chi connectivity index (χ0n) is 14.8. The highest BCUT2D eigenvalue weighted by Gasteiger charge is 2.23. The minimum absolute atomic E-state index is 0.0510. The van der Waals surface area contributed by atoms with Gasteiger partial charge in [0.2, 0.25) is 0 Å². The highest BCUT2D eigenvalue weighted by Crippen LogP contribution is 2.41. The maximum atomic E-state index is 13.4. The molecule has 1 N–H and O–H groups in total. The third kappa shape index (κ3) is 3.85. The van der Waals surface area contributed by atoms with Crippen LogP contribution in [0.2, 0.25) is 5.15 Å². The number of aromatic nitrogens is 3. The van der Waals surface area contributed by atoms with Gasteiger partial charge in [0.15, 0.2) is 11.5 Å². The Bertz CT molecular complexity index is 1030. The Morgan fingerprint density at radius 3 is 2.68 bits per heavy atom. The summed E-state index contributed by atoms with van der Waals surface area (Å²) >= 11 is 9.89. The predicted molar refractivity (Wildman–Crippen MR) is 123 cm³/mol. The summed E-state index contributed by atoms with van der Waals surface area (Å²) in [4.78, 5) is 9.51. The van der Waals surface area contributed by atoms with E-state index in [1.165, 1.54) is 29.2 Å². The molecule has 0 saturated heterocycles. The lowest BCUT2D eigenvalue weighted by Gasteiger charge is -2.26. The highest BCUT2D eigenvalue weighted by molar-refractivity contribution is 14.2. The summed E-state index contributed by atoms with van der Waals surface area (Å²) in [6, 6.07) is 8.04. The van der Waals surface area contributed by atoms with Crippen LogP contribution in [0.1, 0.15) is 43.0 Å². The number of thioether (sulfide) groups is 1. The van der Waals surface area contributed by atoms with Crippen molar-refractivity contribution in [2.24, 2.45) is 0 Å². The van der Waals surface area contributed by atoms with E-state index in [1.807, 2.05) is 34.4 Å². The first-order valence-electron chi connectivity index (χ1n) is 8.70. The van der Waals surface area contributed by atoms with E-state index < -0.39 is 6.43 Å². The van der Waals surface area contributed by atoms with E-state index >= 15 is 0 Å². The first-order valence-corrected chi connectivity index (χ1v) is 14.4. The van der Waals surface area contributed by atoms with Gasteiger partial charge in [-0.1, -0.05) is 24.1 Å². The lowest BCUT2D eigenvalue weighted by Crippen LogP contribution is -2.08. The minimum atomic E-state index is -2.67. The van der Waals surface area contributed by atoms with Crippen molar-refractivity contribution in [1.82, 2.24) is 14.3 Å². The average molecular weight is 553 g/mol. The Hall–Kier alpha value is -0.700. The molecule has 0 aliphatic heterocycles. The second-order valence-corrected chi connectivity index (χ2v) is 9.87. The van der Waals surface area contributed by atoms with Crippen LogP contribution in [0.25, 0.3) is 11.2 Å². The minimum Gasteiger partial charge on any atom is -0.353 e. The Kier molecular flexibility index (Phi) is 6.30. The normalized spacial score (nSPS) is 15.1. The second-order valence-electron chi connectivity index (χ2n) is 6.57. The van der Waals surface area contributed by atoms with Gasteiger partial charge in [0.25, 0.3) is 6.43 Å². The van der Waals surface area contributed by atoms with Crippen molar-refractivity contribution in [3.05, 3.63) is 40.8 Å². The van der Waals surface area contributed by atoms with Gasteiger partial charge in [-0.15, -0.1) is 11.8 Å². The summed E-state index contributed by atoms with van der Waals surface area (Å²) in [5.74, 6) is 0.363. The molecule has 4 rings (SSSR count). The van der Waals surface area contributed by atoms with Crippen LogP contribution in [-0.2, 0) is 0 Å². The molecule has 1 atom stereocenters. The summed E-state index contributed by atoms with van der Waals surface area (Å²) in [5, 5.41) is 3.59. The fourth-order valence-electron chi connectivity index (χ4n) is 3.31. The van der Waals surface area contributed by atoms with Gasteiger partial charge in [-0.2, -0.15) is 0 Å². The van der Waals surface area contributed by atoms with Gasteiger partial charge in [0.1, 0.15) is 10.7 Å². The lowest BCUT2D eigenvalue weighted by atomic mass is 9.80. The molecule has 4 nitrogen and oxygen atoms in total. The molecule has 10 heteroatoms. The van der Waals surface area contributed by atoms with Crippen LogP contribution < -0.4 is 5.32 Å². The van der Waals surface area contributed by atoms with Gasteiger partial charge < -0.3 is 5.32 Å². The first-order chi connectivity index (χ1) is 13.5. The van der Waals surface area contributed by atoms with Crippen molar-refractivity contribution in [3.63, 3.8) is 0 Å². The van der Waals surface area contributed by atoms with Crippen molar-refractivity contribution in [3.8, 4) is 0 Å². The Morgan fingerprint density at radius 2 is 2.07 bits per heavy atom. The maximum Gasteiger partial charge on any atom is 0.295 e.